The Morgan fingerprint density at radius 2 is 1.95 bits per heavy atom. The molecule has 2 rings (SSSR count). The Morgan fingerprint density at radius 1 is 1.32 bits per heavy atom. The van der Waals surface area contributed by atoms with Crippen molar-refractivity contribution in [3.63, 3.8) is 0 Å². The van der Waals surface area contributed by atoms with Crippen molar-refractivity contribution in [2.24, 2.45) is 16.7 Å². The largest absolute Gasteiger partial charge is 0.458 e. The van der Waals surface area contributed by atoms with Crippen LogP contribution in [0.2, 0.25) is 0 Å². The molecular weight excluding hydrogens is 284 g/mol. The second-order valence-electron chi connectivity index (χ2n) is 7.68. The molecule has 0 heterocycles. The molecule has 0 aromatic rings. The van der Waals surface area contributed by atoms with Gasteiger partial charge >= 0.3 is 5.97 Å². The third-order valence-corrected chi connectivity index (χ3v) is 5.92. The lowest BCUT2D eigenvalue weighted by Crippen LogP contribution is -2.65. The van der Waals surface area contributed by atoms with E-state index in [4.69, 9.17) is 4.74 Å². The van der Waals surface area contributed by atoms with Gasteiger partial charge in [0.25, 0.3) is 0 Å². The quantitative estimate of drug-likeness (QED) is 0.542. The first kappa shape index (κ1) is 17.4. The fourth-order valence-corrected chi connectivity index (χ4v) is 4.91. The van der Waals surface area contributed by atoms with Crippen LogP contribution in [0.25, 0.3) is 0 Å². The minimum Gasteiger partial charge on any atom is -0.458 e. The summed E-state index contributed by atoms with van der Waals surface area (Å²) in [6.07, 6.45) is 3.75. The van der Waals surface area contributed by atoms with E-state index in [-0.39, 0.29) is 23.9 Å². The lowest BCUT2D eigenvalue weighted by molar-refractivity contribution is -0.199. The summed E-state index contributed by atoms with van der Waals surface area (Å²) in [4.78, 5) is 11.5. The number of fused-ring (bicyclic) bond motifs is 1. The van der Waals surface area contributed by atoms with Crippen LogP contribution in [0.5, 0.6) is 0 Å². The van der Waals surface area contributed by atoms with Crippen LogP contribution in [0.3, 0.4) is 0 Å². The zero-order valence-corrected chi connectivity index (χ0v) is 13.9. The number of esters is 1. The van der Waals surface area contributed by atoms with Crippen molar-refractivity contribution in [3.8, 4) is 0 Å². The average Bonchev–Trinajstić information content (AvgIpc) is 2.40. The molecule has 0 aliphatic heterocycles. The molecule has 3 N–H and O–H groups in total. The van der Waals surface area contributed by atoms with Crippen LogP contribution >= 0.6 is 0 Å². The van der Waals surface area contributed by atoms with E-state index in [1.807, 2.05) is 6.92 Å². The van der Waals surface area contributed by atoms with Gasteiger partial charge in [-0.05, 0) is 29.9 Å². The molecule has 0 spiro atoms. The predicted molar refractivity (Wildman–Crippen MR) is 82.0 cm³/mol. The summed E-state index contributed by atoms with van der Waals surface area (Å²) >= 11 is 0. The van der Waals surface area contributed by atoms with Crippen molar-refractivity contribution in [2.75, 3.05) is 13.2 Å². The first-order valence-corrected chi connectivity index (χ1v) is 7.95. The topological polar surface area (TPSA) is 87.0 Å². The molecule has 0 aromatic heterocycles. The van der Waals surface area contributed by atoms with Crippen LogP contribution in [0.1, 0.15) is 47.0 Å². The Morgan fingerprint density at radius 3 is 2.45 bits per heavy atom. The number of carbonyl (C=O) groups excluding carboxylic acids is 1. The SMILES string of the molecule is CC(=O)O[C@@H]1C=C(CO)[C@](O)(CO)[C@@]2(C)CCCC(C)(C)[C@H]12. The van der Waals surface area contributed by atoms with Gasteiger partial charge < -0.3 is 20.1 Å². The Bertz CT molecular complexity index is 483. The van der Waals surface area contributed by atoms with Gasteiger partial charge in [-0.25, -0.2) is 0 Å². The van der Waals surface area contributed by atoms with E-state index < -0.39 is 23.7 Å². The van der Waals surface area contributed by atoms with Gasteiger partial charge in [0.1, 0.15) is 11.7 Å². The van der Waals surface area contributed by atoms with Gasteiger partial charge in [-0.15, -0.1) is 0 Å². The second-order valence-corrected chi connectivity index (χ2v) is 7.68. The molecule has 0 radical (unpaired) electrons. The number of hydrogen-bond donors (Lipinski definition) is 3. The van der Waals surface area contributed by atoms with Crippen LogP contribution < -0.4 is 0 Å². The second kappa shape index (κ2) is 5.62. The highest BCUT2D eigenvalue weighted by Gasteiger charge is 2.63. The number of aliphatic hydroxyl groups excluding tert-OH is 2. The molecular formula is C17H28O5. The van der Waals surface area contributed by atoms with Gasteiger partial charge in [0, 0.05) is 18.3 Å². The zero-order chi connectivity index (χ0) is 16.8. The van der Waals surface area contributed by atoms with E-state index in [1.165, 1.54) is 6.92 Å². The van der Waals surface area contributed by atoms with E-state index >= 15 is 0 Å². The average molecular weight is 312 g/mol. The fraction of sp³-hybridized carbons (Fsp3) is 0.824. The lowest BCUT2D eigenvalue weighted by atomic mass is 9.46. The van der Waals surface area contributed by atoms with Crippen LogP contribution in [0.4, 0.5) is 0 Å². The highest BCUT2D eigenvalue weighted by atomic mass is 16.5. The highest BCUT2D eigenvalue weighted by molar-refractivity contribution is 5.66. The van der Waals surface area contributed by atoms with Crippen molar-refractivity contribution in [1.82, 2.24) is 0 Å². The van der Waals surface area contributed by atoms with E-state index in [9.17, 15) is 20.1 Å². The highest BCUT2D eigenvalue weighted by Crippen LogP contribution is 2.61. The standard InChI is InChI=1S/C17H28O5/c1-11(20)22-13-8-12(9-18)17(21,10-19)16(4)7-5-6-15(2,3)14(13)16/h8,13-14,18-19,21H,5-7,9-10H2,1-4H3/t13-,14+,16+,17-/m1/s1. The maximum Gasteiger partial charge on any atom is 0.303 e. The lowest BCUT2D eigenvalue weighted by Gasteiger charge is -2.61. The van der Waals surface area contributed by atoms with Gasteiger partial charge in [-0.1, -0.05) is 27.2 Å². The Balaban J connectivity index is 2.62. The summed E-state index contributed by atoms with van der Waals surface area (Å²) in [6.45, 7) is 6.72. The molecule has 0 unspecified atom stereocenters. The molecule has 0 bridgehead atoms. The van der Waals surface area contributed by atoms with Crippen LogP contribution in [0.15, 0.2) is 11.6 Å². The van der Waals surface area contributed by atoms with Gasteiger partial charge in [0.2, 0.25) is 0 Å². The van der Waals surface area contributed by atoms with Gasteiger partial charge in [0.15, 0.2) is 0 Å². The summed E-state index contributed by atoms with van der Waals surface area (Å²) in [5.74, 6) is -0.498. The van der Waals surface area contributed by atoms with Crippen molar-refractivity contribution in [3.05, 3.63) is 11.6 Å². The van der Waals surface area contributed by atoms with Gasteiger partial charge in [-0.3, -0.25) is 4.79 Å². The Hall–Kier alpha value is -0.910. The molecule has 1 fully saturated rings. The van der Waals surface area contributed by atoms with Crippen LogP contribution in [-0.2, 0) is 9.53 Å². The minimum atomic E-state index is -1.49. The summed E-state index contributed by atoms with van der Waals surface area (Å²) in [5, 5.41) is 30.7. The molecule has 5 nitrogen and oxygen atoms in total. The van der Waals surface area contributed by atoms with Crippen LogP contribution in [-0.4, -0.2) is 46.2 Å². The first-order chi connectivity index (χ1) is 10.1. The van der Waals surface area contributed by atoms with E-state index in [2.05, 4.69) is 13.8 Å². The minimum absolute atomic E-state index is 0.120. The Kier molecular flexibility index (Phi) is 4.46. The summed E-state index contributed by atoms with van der Waals surface area (Å²) < 4.78 is 5.51. The molecule has 2 aliphatic rings. The predicted octanol–water partition coefficient (Wildman–Crippen LogP) is 1.41. The molecule has 5 heteroatoms. The van der Waals surface area contributed by atoms with Crippen molar-refractivity contribution in [2.45, 2.75) is 58.7 Å². The summed E-state index contributed by atoms with van der Waals surface area (Å²) in [7, 11) is 0. The Labute approximate surface area is 132 Å². The molecule has 126 valence electrons. The van der Waals surface area contributed by atoms with Gasteiger partial charge in [0.05, 0.1) is 13.2 Å². The molecule has 0 amide bonds. The molecule has 1 saturated carbocycles. The van der Waals surface area contributed by atoms with Crippen molar-refractivity contribution >= 4 is 5.97 Å². The van der Waals surface area contributed by atoms with E-state index in [0.29, 0.717) is 12.0 Å². The zero-order valence-electron chi connectivity index (χ0n) is 13.9. The van der Waals surface area contributed by atoms with E-state index in [1.54, 1.807) is 6.08 Å². The normalized spacial score (nSPS) is 40.6. The maximum atomic E-state index is 11.5. The van der Waals surface area contributed by atoms with Crippen LogP contribution in [0, 0.1) is 16.7 Å². The monoisotopic (exact) mass is 312 g/mol. The number of carbonyl (C=O) groups is 1. The molecule has 0 saturated heterocycles. The number of aliphatic hydroxyl groups is 3. The molecule has 4 atom stereocenters. The molecule has 0 aromatic carbocycles. The van der Waals surface area contributed by atoms with Crippen molar-refractivity contribution < 1.29 is 24.9 Å². The molecule has 22 heavy (non-hydrogen) atoms. The van der Waals surface area contributed by atoms with E-state index in [0.717, 1.165) is 12.8 Å². The summed E-state index contributed by atoms with van der Waals surface area (Å²) in [6, 6.07) is 0. The number of rotatable bonds is 3. The smallest absolute Gasteiger partial charge is 0.303 e. The molecule has 2 aliphatic carbocycles. The summed E-state index contributed by atoms with van der Waals surface area (Å²) in [5.41, 5.74) is -1.94. The maximum absolute atomic E-state index is 11.5. The number of hydrogen-bond acceptors (Lipinski definition) is 5. The number of ether oxygens (including phenoxy) is 1. The van der Waals surface area contributed by atoms with Gasteiger partial charge in [-0.2, -0.15) is 0 Å². The third kappa shape index (κ3) is 2.39. The van der Waals surface area contributed by atoms with Crippen molar-refractivity contribution in [1.29, 1.82) is 0 Å². The fourth-order valence-electron chi connectivity index (χ4n) is 4.91. The third-order valence-electron chi connectivity index (χ3n) is 5.92. The first-order valence-electron chi connectivity index (χ1n) is 7.95.